The Hall–Kier alpha value is -2.73. The van der Waals surface area contributed by atoms with Crippen molar-refractivity contribution in [2.45, 2.75) is 44.5 Å². The van der Waals surface area contributed by atoms with Crippen LogP contribution < -0.4 is 21.7 Å². The van der Waals surface area contributed by atoms with E-state index in [1.807, 2.05) is 5.32 Å². The van der Waals surface area contributed by atoms with E-state index in [1.54, 1.807) is 0 Å². The van der Waals surface area contributed by atoms with Gasteiger partial charge in [0, 0.05) is 0 Å². The van der Waals surface area contributed by atoms with E-state index < -0.39 is 66.9 Å². The fourth-order valence-corrected chi connectivity index (χ4v) is 1.60. The third-order valence-corrected chi connectivity index (χ3v) is 2.91. The highest BCUT2D eigenvalue weighted by atomic mass is 16.4. The Morgan fingerprint density at radius 2 is 1.56 bits per heavy atom. The summed E-state index contributed by atoms with van der Waals surface area (Å²) >= 11 is 0. The summed E-state index contributed by atoms with van der Waals surface area (Å²) in [6.45, 7) is 1.95. The lowest BCUT2D eigenvalue weighted by molar-refractivity contribution is -0.145. The van der Waals surface area contributed by atoms with Crippen molar-refractivity contribution >= 4 is 29.7 Å². The first-order valence-corrected chi connectivity index (χ1v) is 7.21. The molecule has 12 nitrogen and oxygen atoms in total. The van der Waals surface area contributed by atoms with E-state index in [0.29, 0.717) is 0 Å². The van der Waals surface area contributed by atoms with Crippen molar-refractivity contribution in [3.05, 3.63) is 0 Å². The predicted octanol–water partition coefficient (Wildman–Crippen LogP) is -3.64. The number of carbonyl (C=O) groups excluding carboxylic acids is 3. The number of nitrogens with one attached hydrogen (secondary N) is 3. The van der Waals surface area contributed by atoms with Gasteiger partial charge in [-0.3, -0.25) is 19.2 Å². The molecule has 25 heavy (non-hydrogen) atoms. The first-order chi connectivity index (χ1) is 11.5. The smallest absolute Gasteiger partial charge is 0.328 e. The molecule has 142 valence electrons. The van der Waals surface area contributed by atoms with Crippen molar-refractivity contribution < 1.29 is 39.3 Å². The molecule has 0 aromatic heterocycles. The first-order valence-electron chi connectivity index (χ1n) is 7.21. The number of carboxylic acids is 2. The second-order valence-corrected chi connectivity index (χ2v) is 5.29. The Bertz CT molecular complexity index is 534. The fourth-order valence-electron chi connectivity index (χ4n) is 1.60. The Morgan fingerprint density at radius 3 is 1.96 bits per heavy atom. The maximum absolute atomic E-state index is 12.0. The molecule has 0 aliphatic rings. The van der Waals surface area contributed by atoms with Gasteiger partial charge in [0.25, 0.3) is 0 Å². The molecule has 0 fully saturated rings. The molecule has 0 saturated carbocycles. The van der Waals surface area contributed by atoms with Gasteiger partial charge in [-0.15, -0.1) is 0 Å². The van der Waals surface area contributed by atoms with Crippen LogP contribution in [0.2, 0.25) is 0 Å². The average molecular weight is 362 g/mol. The number of carboxylic acid groups (broad SMARTS) is 2. The van der Waals surface area contributed by atoms with Crippen LogP contribution in [0, 0.1) is 0 Å². The van der Waals surface area contributed by atoms with Gasteiger partial charge in [-0.1, -0.05) is 0 Å². The van der Waals surface area contributed by atoms with Crippen LogP contribution in [0.25, 0.3) is 0 Å². The molecule has 0 aliphatic carbocycles. The predicted molar refractivity (Wildman–Crippen MR) is 82.1 cm³/mol. The largest absolute Gasteiger partial charge is 0.481 e. The van der Waals surface area contributed by atoms with Gasteiger partial charge in [-0.05, 0) is 13.8 Å². The molecule has 4 atom stereocenters. The van der Waals surface area contributed by atoms with Crippen molar-refractivity contribution in [1.82, 2.24) is 16.0 Å². The van der Waals surface area contributed by atoms with E-state index in [9.17, 15) is 29.1 Å². The van der Waals surface area contributed by atoms with Crippen LogP contribution in [0.5, 0.6) is 0 Å². The van der Waals surface area contributed by atoms with Crippen LogP contribution in [-0.2, 0) is 24.0 Å². The Labute approximate surface area is 142 Å². The average Bonchev–Trinajstić information content (AvgIpc) is 2.47. The number of carbonyl (C=O) groups is 5. The Morgan fingerprint density at radius 1 is 1.00 bits per heavy atom. The van der Waals surface area contributed by atoms with Gasteiger partial charge in [0.1, 0.15) is 6.04 Å². The van der Waals surface area contributed by atoms with E-state index in [1.165, 1.54) is 6.92 Å². The van der Waals surface area contributed by atoms with Crippen molar-refractivity contribution in [3.63, 3.8) is 0 Å². The monoisotopic (exact) mass is 362 g/mol. The van der Waals surface area contributed by atoms with Crippen LogP contribution in [0.4, 0.5) is 0 Å². The van der Waals surface area contributed by atoms with E-state index >= 15 is 0 Å². The topological polar surface area (TPSA) is 208 Å². The van der Waals surface area contributed by atoms with Crippen LogP contribution in [0.15, 0.2) is 0 Å². The van der Waals surface area contributed by atoms with Crippen molar-refractivity contribution in [2.75, 3.05) is 6.54 Å². The van der Waals surface area contributed by atoms with Gasteiger partial charge >= 0.3 is 11.9 Å². The summed E-state index contributed by atoms with van der Waals surface area (Å²) in [4.78, 5) is 56.7. The summed E-state index contributed by atoms with van der Waals surface area (Å²) in [6.07, 6.45) is -2.28. The summed E-state index contributed by atoms with van der Waals surface area (Å²) in [5.41, 5.74) is 5.28. The fraction of sp³-hybridized carbons (Fsp3) is 0.615. The Balaban J connectivity index is 4.90. The summed E-state index contributed by atoms with van der Waals surface area (Å²) < 4.78 is 0. The van der Waals surface area contributed by atoms with E-state index in [4.69, 9.17) is 15.9 Å². The number of aliphatic hydroxyl groups is 1. The first kappa shape index (κ1) is 22.3. The summed E-state index contributed by atoms with van der Waals surface area (Å²) in [7, 11) is 0. The molecule has 4 unspecified atom stereocenters. The highest BCUT2D eigenvalue weighted by molar-refractivity contribution is 5.94. The molecule has 0 saturated heterocycles. The van der Waals surface area contributed by atoms with Crippen LogP contribution in [-0.4, -0.2) is 75.8 Å². The number of aliphatic carboxylic acids is 2. The maximum atomic E-state index is 12.0. The molecule has 0 spiro atoms. The molecule has 12 heteroatoms. The number of hydrogen-bond donors (Lipinski definition) is 7. The lowest BCUT2D eigenvalue weighted by Crippen LogP contribution is -2.56. The second kappa shape index (κ2) is 10.2. The minimum atomic E-state index is -1.68. The molecule has 0 heterocycles. The van der Waals surface area contributed by atoms with Gasteiger partial charge in [-0.25, -0.2) is 4.79 Å². The highest BCUT2D eigenvalue weighted by Crippen LogP contribution is 1.98. The zero-order valence-electron chi connectivity index (χ0n) is 13.7. The molecule has 0 aliphatic heterocycles. The highest BCUT2D eigenvalue weighted by Gasteiger charge is 2.30. The molecule has 8 N–H and O–H groups in total. The van der Waals surface area contributed by atoms with Gasteiger partial charge in [0.15, 0.2) is 6.04 Å². The van der Waals surface area contributed by atoms with Crippen LogP contribution in [0.1, 0.15) is 20.3 Å². The third kappa shape index (κ3) is 8.62. The molecular weight excluding hydrogens is 340 g/mol. The van der Waals surface area contributed by atoms with E-state index in [2.05, 4.69) is 10.6 Å². The molecule has 0 radical (unpaired) electrons. The standard InChI is InChI=1S/C13H22N4O8/c1-5(14)11(22)15-4-8(19)16-7(3-9(20)21)12(23)17-10(6(2)18)13(24)25/h5-7,10,18H,3-4,14H2,1-2H3,(H,15,22)(H,16,19)(H,17,23)(H,20,21)(H,24,25). The van der Waals surface area contributed by atoms with Crippen molar-refractivity contribution in [2.24, 2.45) is 5.73 Å². The molecule has 0 bridgehead atoms. The lowest BCUT2D eigenvalue weighted by Gasteiger charge is -2.22. The van der Waals surface area contributed by atoms with Crippen molar-refractivity contribution in [1.29, 1.82) is 0 Å². The van der Waals surface area contributed by atoms with Gasteiger partial charge in [0.05, 0.1) is 25.1 Å². The molecule has 0 aromatic carbocycles. The molecule has 0 aromatic rings. The number of amides is 3. The number of aliphatic hydroxyl groups excluding tert-OH is 1. The number of hydrogen-bond acceptors (Lipinski definition) is 7. The molecular formula is C13H22N4O8. The minimum Gasteiger partial charge on any atom is -0.481 e. The zero-order valence-corrected chi connectivity index (χ0v) is 13.7. The number of rotatable bonds is 10. The zero-order chi connectivity index (χ0) is 19.7. The van der Waals surface area contributed by atoms with E-state index in [0.717, 1.165) is 6.92 Å². The number of nitrogens with two attached hydrogens (primary N) is 1. The normalized spacial score (nSPS) is 15.2. The van der Waals surface area contributed by atoms with Crippen LogP contribution >= 0.6 is 0 Å². The summed E-state index contributed by atoms with van der Waals surface area (Å²) in [5, 5.41) is 33.2. The van der Waals surface area contributed by atoms with Gasteiger partial charge < -0.3 is 37.0 Å². The van der Waals surface area contributed by atoms with Gasteiger partial charge in [0.2, 0.25) is 17.7 Å². The van der Waals surface area contributed by atoms with E-state index in [-0.39, 0.29) is 0 Å². The molecule has 0 rings (SSSR count). The SMILES string of the molecule is CC(N)C(=O)NCC(=O)NC(CC(=O)O)C(=O)NC(C(=O)O)C(C)O. The van der Waals surface area contributed by atoms with Crippen molar-refractivity contribution in [3.8, 4) is 0 Å². The van der Waals surface area contributed by atoms with Crippen LogP contribution in [0.3, 0.4) is 0 Å². The van der Waals surface area contributed by atoms with Gasteiger partial charge in [-0.2, -0.15) is 0 Å². The second-order valence-electron chi connectivity index (χ2n) is 5.29. The minimum absolute atomic E-state index is 0.553. The molecule has 3 amide bonds. The summed E-state index contributed by atoms with van der Waals surface area (Å²) in [6, 6.07) is -4.15. The summed E-state index contributed by atoms with van der Waals surface area (Å²) in [5.74, 6) is -5.58. The lowest BCUT2D eigenvalue weighted by atomic mass is 10.1. The maximum Gasteiger partial charge on any atom is 0.328 e. The quantitative estimate of drug-likeness (QED) is 0.204. The third-order valence-electron chi connectivity index (χ3n) is 2.91. The Kier molecular flexibility index (Phi) is 9.09.